The zero-order valence-corrected chi connectivity index (χ0v) is 8.80. The Morgan fingerprint density at radius 3 is 2.88 bits per heavy atom. The lowest BCUT2D eigenvalue weighted by Crippen LogP contribution is -2.23. The Hall–Kier alpha value is -2.37. The van der Waals surface area contributed by atoms with Gasteiger partial charge in [-0.1, -0.05) is 0 Å². The lowest BCUT2D eigenvalue weighted by molar-refractivity contribution is 0.0950. The Bertz CT molecular complexity index is 501. The molecule has 2 heterocycles. The van der Waals surface area contributed by atoms with Crippen LogP contribution in [0.3, 0.4) is 0 Å². The molecule has 0 bridgehead atoms. The van der Waals surface area contributed by atoms with E-state index in [4.69, 9.17) is 0 Å². The van der Waals surface area contributed by atoms with Crippen molar-refractivity contribution in [3.63, 3.8) is 0 Å². The van der Waals surface area contributed by atoms with Crippen molar-refractivity contribution < 1.29 is 9.18 Å². The summed E-state index contributed by atoms with van der Waals surface area (Å²) >= 11 is 0. The molecule has 0 radical (unpaired) electrons. The number of nitrogens with zero attached hydrogens (tertiary/aromatic N) is 3. The van der Waals surface area contributed by atoms with Crippen LogP contribution in [-0.2, 0) is 6.54 Å². The summed E-state index contributed by atoms with van der Waals surface area (Å²) in [6, 6.07) is 5.98. The number of nitrogens with one attached hydrogen (secondary N) is 1. The van der Waals surface area contributed by atoms with Crippen molar-refractivity contribution in [1.82, 2.24) is 20.5 Å². The van der Waals surface area contributed by atoms with E-state index >= 15 is 0 Å². The number of rotatable bonds is 3. The maximum absolute atomic E-state index is 12.5. The zero-order valence-electron chi connectivity index (χ0n) is 8.80. The molecule has 1 N–H and O–H groups in total. The molecule has 0 aliphatic carbocycles. The van der Waals surface area contributed by atoms with E-state index in [1.165, 1.54) is 12.3 Å². The van der Waals surface area contributed by atoms with Gasteiger partial charge in [0.25, 0.3) is 5.91 Å². The first-order valence-corrected chi connectivity index (χ1v) is 4.92. The summed E-state index contributed by atoms with van der Waals surface area (Å²) in [7, 11) is 0. The molecule has 0 aliphatic rings. The van der Waals surface area contributed by atoms with Gasteiger partial charge in [0.15, 0.2) is 0 Å². The van der Waals surface area contributed by atoms with Crippen LogP contribution in [0.15, 0.2) is 36.7 Å². The Morgan fingerprint density at radius 2 is 2.24 bits per heavy atom. The fourth-order valence-electron chi connectivity index (χ4n) is 1.21. The second-order valence-corrected chi connectivity index (χ2v) is 3.27. The minimum absolute atomic E-state index is 0.268. The molecule has 0 aromatic carbocycles. The molecule has 1 amide bonds. The summed E-state index contributed by atoms with van der Waals surface area (Å²) in [4.78, 5) is 15.0. The third kappa shape index (κ3) is 3.04. The minimum Gasteiger partial charge on any atom is -0.346 e. The first kappa shape index (κ1) is 11.1. The number of amides is 1. The molecule has 0 unspecified atom stereocenters. The predicted octanol–water partition coefficient (Wildman–Crippen LogP) is 0.941. The Morgan fingerprint density at radius 1 is 1.35 bits per heavy atom. The number of carbonyl (C=O) groups excluding carboxylic acids is 1. The van der Waals surface area contributed by atoms with Gasteiger partial charge in [0.2, 0.25) is 5.95 Å². The highest BCUT2D eigenvalue weighted by Crippen LogP contribution is 1.99. The van der Waals surface area contributed by atoms with E-state index in [0.29, 0.717) is 11.3 Å². The van der Waals surface area contributed by atoms with Crippen molar-refractivity contribution >= 4 is 5.91 Å². The molecule has 86 valence electrons. The fraction of sp³-hybridized carbons (Fsp3) is 0.0909. The van der Waals surface area contributed by atoms with E-state index in [0.717, 1.165) is 6.07 Å². The number of hydrogen-bond donors (Lipinski definition) is 1. The largest absolute Gasteiger partial charge is 0.346 e. The van der Waals surface area contributed by atoms with Crippen molar-refractivity contribution in [3.8, 4) is 0 Å². The van der Waals surface area contributed by atoms with Gasteiger partial charge >= 0.3 is 0 Å². The molecule has 0 aliphatic heterocycles. The van der Waals surface area contributed by atoms with Crippen molar-refractivity contribution in [1.29, 1.82) is 0 Å². The molecule has 2 aromatic rings. The van der Waals surface area contributed by atoms with Gasteiger partial charge in [-0.3, -0.25) is 4.79 Å². The molecule has 2 rings (SSSR count). The first-order valence-electron chi connectivity index (χ1n) is 4.92. The third-order valence-corrected chi connectivity index (χ3v) is 2.05. The highest BCUT2D eigenvalue weighted by Gasteiger charge is 2.06. The van der Waals surface area contributed by atoms with E-state index < -0.39 is 5.95 Å². The van der Waals surface area contributed by atoms with Crippen molar-refractivity contribution in [2.75, 3.05) is 0 Å². The normalized spacial score (nSPS) is 9.94. The van der Waals surface area contributed by atoms with E-state index in [-0.39, 0.29) is 12.5 Å². The van der Waals surface area contributed by atoms with Gasteiger partial charge in [-0.05, 0) is 24.3 Å². The monoisotopic (exact) mass is 232 g/mol. The first-order chi connectivity index (χ1) is 8.25. The lowest BCUT2D eigenvalue weighted by Gasteiger charge is -2.03. The molecule has 17 heavy (non-hydrogen) atoms. The molecule has 0 saturated carbocycles. The summed E-state index contributed by atoms with van der Waals surface area (Å²) < 4.78 is 12.5. The summed E-state index contributed by atoms with van der Waals surface area (Å²) in [5, 5.41) is 10.1. The Labute approximate surface area is 96.7 Å². The van der Waals surface area contributed by atoms with E-state index in [1.807, 2.05) is 0 Å². The van der Waals surface area contributed by atoms with Crippen LogP contribution in [-0.4, -0.2) is 21.1 Å². The SMILES string of the molecule is O=C(NCc1cccnn1)c1ccc(F)nc1. The number of carbonyl (C=O) groups is 1. The summed E-state index contributed by atoms with van der Waals surface area (Å²) in [6.07, 6.45) is 2.73. The molecule has 2 aromatic heterocycles. The minimum atomic E-state index is -0.615. The molecular weight excluding hydrogens is 223 g/mol. The van der Waals surface area contributed by atoms with Crippen molar-refractivity contribution in [2.45, 2.75) is 6.54 Å². The standard InChI is InChI=1S/C11H9FN4O/c12-10-4-3-8(6-13-10)11(17)14-7-9-2-1-5-15-16-9/h1-6H,7H2,(H,14,17). The maximum Gasteiger partial charge on any atom is 0.253 e. The number of halogens is 1. The molecule has 0 atom stereocenters. The van der Waals surface area contributed by atoms with Crippen LogP contribution in [0.2, 0.25) is 0 Å². The Balaban J connectivity index is 1.96. The van der Waals surface area contributed by atoms with Gasteiger partial charge in [0.1, 0.15) is 0 Å². The number of aromatic nitrogens is 3. The number of pyridine rings is 1. The highest BCUT2D eigenvalue weighted by atomic mass is 19.1. The van der Waals surface area contributed by atoms with Gasteiger partial charge in [0.05, 0.1) is 17.8 Å². The van der Waals surface area contributed by atoms with Gasteiger partial charge in [-0.25, -0.2) is 4.98 Å². The van der Waals surface area contributed by atoms with Crippen molar-refractivity contribution in [2.24, 2.45) is 0 Å². The maximum atomic E-state index is 12.5. The van der Waals surface area contributed by atoms with Crippen LogP contribution in [0, 0.1) is 5.95 Å². The fourth-order valence-corrected chi connectivity index (χ4v) is 1.21. The topological polar surface area (TPSA) is 67.8 Å². The molecule has 0 spiro atoms. The molecular formula is C11H9FN4O. The van der Waals surface area contributed by atoms with Crippen LogP contribution in [0.25, 0.3) is 0 Å². The second kappa shape index (κ2) is 5.11. The predicted molar refractivity (Wildman–Crippen MR) is 57.4 cm³/mol. The van der Waals surface area contributed by atoms with Crippen LogP contribution >= 0.6 is 0 Å². The van der Waals surface area contributed by atoms with Gasteiger partial charge in [-0.15, -0.1) is 0 Å². The van der Waals surface area contributed by atoms with Crippen LogP contribution in [0.5, 0.6) is 0 Å². The van der Waals surface area contributed by atoms with Crippen LogP contribution < -0.4 is 5.32 Å². The highest BCUT2D eigenvalue weighted by molar-refractivity contribution is 5.93. The van der Waals surface area contributed by atoms with Gasteiger partial charge in [-0.2, -0.15) is 14.6 Å². The quantitative estimate of drug-likeness (QED) is 0.800. The van der Waals surface area contributed by atoms with E-state index in [1.54, 1.807) is 18.3 Å². The second-order valence-electron chi connectivity index (χ2n) is 3.27. The van der Waals surface area contributed by atoms with E-state index in [2.05, 4.69) is 20.5 Å². The summed E-state index contributed by atoms with van der Waals surface area (Å²) in [5.74, 6) is -0.946. The zero-order chi connectivity index (χ0) is 12.1. The molecule has 6 heteroatoms. The molecule has 0 fully saturated rings. The summed E-state index contributed by atoms with van der Waals surface area (Å²) in [6.45, 7) is 0.268. The van der Waals surface area contributed by atoms with Gasteiger partial charge < -0.3 is 5.32 Å². The smallest absolute Gasteiger partial charge is 0.253 e. The molecule has 0 saturated heterocycles. The van der Waals surface area contributed by atoms with Crippen molar-refractivity contribution in [3.05, 3.63) is 53.9 Å². The average molecular weight is 232 g/mol. The third-order valence-electron chi connectivity index (χ3n) is 2.05. The lowest BCUT2D eigenvalue weighted by atomic mass is 10.2. The summed E-state index contributed by atoms with van der Waals surface area (Å²) in [5.41, 5.74) is 0.950. The number of hydrogen-bond acceptors (Lipinski definition) is 4. The average Bonchev–Trinajstić information content (AvgIpc) is 2.38. The van der Waals surface area contributed by atoms with E-state index in [9.17, 15) is 9.18 Å². The Kier molecular flexibility index (Phi) is 3.34. The van der Waals surface area contributed by atoms with Gasteiger partial charge in [0, 0.05) is 12.4 Å². The van der Waals surface area contributed by atoms with Crippen LogP contribution in [0.4, 0.5) is 4.39 Å². The van der Waals surface area contributed by atoms with Crippen LogP contribution in [0.1, 0.15) is 16.1 Å². The molecule has 5 nitrogen and oxygen atoms in total.